The van der Waals surface area contributed by atoms with E-state index in [2.05, 4.69) is 49.3 Å². The van der Waals surface area contributed by atoms with E-state index in [1.54, 1.807) is 41.5 Å². The zero-order valence-electron chi connectivity index (χ0n) is 34.6. The summed E-state index contributed by atoms with van der Waals surface area (Å²) in [5.74, 6) is -3.42. The molecule has 292 valence electrons. The summed E-state index contributed by atoms with van der Waals surface area (Å²) in [6.07, 6.45) is 2.65. The molecular weight excluding hydrogens is 638 g/mol. The molecule has 0 aromatic heterocycles. The number of carboxylic acids is 3. The summed E-state index contributed by atoms with van der Waals surface area (Å²) >= 11 is 0. The maximum atomic E-state index is 12.7. The lowest BCUT2D eigenvalue weighted by atomic mass is 9.77. The monoisotopic (exact) mass is 712 g/mol. The van der Waals surface area contributed by atoms with Gasteiger partial charge in [-0.15, -0.1) is 0 Å². The van der Waals surface area contributed by atoms with Crippen molar-refractivity contribution in [3.63, 3.8) is 0 Å². The van der Waals surface area contributed by atoms with Gasteiger partial charge in [-0.1, -0.05) is 20.8 Å². The van der Waals surface area contributed by atoms with Crippen LogP contribution in [-0.2, 0) is 24.0 Å². The van der Waals surface area contributed by atoms with Gasteiger partial charge in [0.15, 0.2) is 0 Å². The molecule has 0 spiro atoms. The van der Waals surface area contributed by atoms with Crippen molar-refractivity contribution in [1.82, 2.24) is 14.7 Å². The smallest absolute Gasteiger partial charge is 0.310 e. The average Bonchev–Trinajstić information content (AvgIpc) is 2.90. The minimum atomic E-state index is -1.07. The van der Waals surface area contributed by atoms with Gasteiger partial charge in [0.2, 0.25) is 0 Å². The van der Waals surface area contributed by atoms with Crippen LogP contribution in [0.15, 0.2) is 0 Å². The maximum absolute atomic E-state index is 12.7. The molecule has 0 bridgehead atoms. The van der Waals surface area contributed by atoms with E-state index in [1.165, 1.54) is 0 Å². The molecule has 0 rings (SSSR count). The van der Waals surface area contributed by atoms with Crippen LogP contribution in [0.4, 0.5) is 0 Å². The molecular formula is C39H73N3O8. The quantitative estimate of drug-likeness (QED) is 0.0915. The normalized spacial score (nSPS) is 16.3. The summed E-state index contributed by atoms with van der Waals surface area (Å²) in [6.45, 7) is 33.2. The maximum Gasteiger partial charge on any atom is 0.310 e. The Labute approximate surface area is 303 Å². The number of nitrogens with zero attached hydrogens (tertiary/aromatic N) is 3. The lowest BCUT2D eigenvalue weighted by Gasteiger charge is -2.54. The van der Waals surface area contributed by atoms with Gasteiger partial charge in [-0.25, -0.2) is 0 Å². The molecule has 0 aliphatic heterocycles. The molecule has 0 amide bonds. The van der Waals surface area contributed by atoms with Crippen LogP contribution in [0.5, 0.6) is 0 Å². The van der Waals surface area contributed by atoms with Crippen LogP contribution >= 0.6 is 0 Å². The third-order valence-corrected chi connectivity index (χ3v) is 10.5. The second-order valence-corrected chi connectivity index (χ2v) is 19.1. The molecule has 0 aliphatic carbocycles. The minimum absolute atomic E-state index is 0.0338. The first-order valence-corrected chi connectivity index (χ1v) is 18.1. The molecule has 0 saturated carbocycles. The van der Waals surface area contributed by atoms with Crippen LogP contribution in [0.1, 0.15) is 143 Å². The van der Waals surface area contributed by atoms with Crippen molar-refractivity contribution in [1.29, 1.82) is 0 Å². The predicted octanol–water partition coefficient (Wildman–Crippen LogP) is 6.71. The van der Waals surface area contributed by atoms with Crippen molar-refractivity contribution in [2.75, 3.05) is 19.6 Å². The van der Waals surface area contributed by atoms with Gasteiger partial charge in [-0.2, -0.15) is 0 Å². The van der Waals surface area contributed by atoms with E-state index in [1.807, 2.05) is 41.5 Å². The number of ketones is 1. The number of aldehydes is 1. The number of hydrogen-bond acceptors (Lipinski definition) is 8. The third-order valence-electron chi connectivity index (χ3n) is 10.5. The highest BCUT2D eigenvalue weighted by Gasteiger charge is 2.46. The van der Waals surface area contributed by atoms with Crippen LogP contribution in [0.2, 0.25) is 0 Å². The van der Waals surface area contributed by atoms with E-state index in [0.29, 0.717) is 25.8 Å². The minimum Gasteiger partial charge on any atom is -0.481 e. The zero-order chi connectivity index (χ0) is 40.0. The largest absolute Gasteiger partial charge is 0.481 e. The van der Waals surface area contributed by atoms with Crippen molar-refractivity contribution in [2.24, 2.45) is 22.2 Å². The number of rotatable bonds is 24. The standard InChI is InChI=1S/C39H73N3O8/c1-26(31(45)46)21-40(27(2)18-35(8,9)32(47)48)29(4)22-42(38(14,15)20-30(5)44)37(12,13)19-28(3)41(24-36(10,11)33(49)50)39(16,17)23-34(6,7)25-43/h25-29H,18-24H2,1-17H3,(H,45,46)(H,47,48)(H,49,50). The third kappa shape index (κ3) is 14.0. The summed E-state index contributed by atoms with van der Waals surface area (Å²) < 4.78 is 0. The number of Topliss-reactive ketones (excluding diaryl/α,β-unsaturated/α-hetero) is 1. The molecule has 0 aromatic rings. The van der Waals surface area contributed by atoms with E-state index in [0.717, 1.165) is 6.29 Å². The Balaban J connectivity index is 7.09. The second kappa shape index (κ2) is 17.4. The van der Waals surface area contributed by atoms with Gasteiger partial charge in [-0.05, 0) is 116 Å². The van der Waals surface area contributed by atoms with Crippen molar-refractivity contribution in [2.45, 2.75) is 178 Å². The fraction of sp³-hybridized carbons (Fsp3) is 0.872. The molecule has 11 nitrogen and oxygen atoms in total. The van der Waals surface area contributed by atoms with Crippen LogP contribution in [0.25, 0.3) is 0 Å². The Morgan fingerprint density at radius 2 is 1.12 bits per heavy atom. The molecule has 11 heteroatoms. The number of hydrogen-bond donors (Lipinski definition) is 3. The van der Waals surface area contributed by atoms with E-state index in [-0.39, 0.29) is 43.4 Å². The first-order valence-electron chi connectivity index (χ1n) is 18.1. The summed E-state index contributed by atoms with van der Waals surface area (Å²) in [7, 11) is 0. The molecule has 0 radical (unpaired) electrons. The van der Waals surface area contributed by atoms with Crippen LogP contribution < -0.4 is 0 Å². The fourth-order valence-corrected chi connectivity index (χ4v) is 8.18. The number of carbonyl (C=O) groups is 5. The van der Waals surface area contributed by atoms with Crippen molar-refractivity contribution < 1.29 is 39.3 Å². The zero-order valence-corrected chi connectivity index (χ0v) is 34.6. The SMILES string of the molecule is CC(=O)CC(C)(C)N(CC(C)N(CC(C)C(=O)O)C(C)CC(C)(C)C(=O)O)C(C)(C)CC(C)N(CC(C)(C)C(=O)O)C(C)(C)CC(C)(C)C=O. The molecule has 0 heterocycles. The summed E-state index contributed by atoms with van der Waals surface area (Å²) in [6, 6.07) is -0.622. The van der Waals surface area contributed by atoms with Gasteiger partial charge in [0.1, 0.15) is 12.1 Å². The average molecular weight is 712 g/mol. The predicted molar refractivity (Wildman–Crippen MR) is 199 cm³/mol. The van der Waals surface area contributed by atoms with Gasteiger partial charge >= 0.3 is 17.9 Å². The summed E-state index contributed by atoms with van der Waals surface area (Å²) in [4.78, 5) is 67.7. The Morgan fingerprint density at radius 1 is 0.640 bits per heavy atom. The van der Waals surface area contributed by atoms with Gasteiger partial charge in [0, 0.05) is 66.2 Å². The first kappa shape index (κ1) is 47.6. The molecule has 0 fully saturated rings. The Kier molecular flexibility index (Phi) is 16.6. The van der Waals surface area contributed by atoms with Gasteiger partial charge in [0.05, 0.1) is 16.7 Å². The number of carbonyl (C=O) groups excluding carboxylic acids is 2. The van der Waals surface area contributed by atoms with Crippen molar-refractivity contribution >= 4 is 30.0 Å². The molecule has 3 N–H and O–H groups in total. The highest BCUT2D eigenvalue weighted by Crippen LogP contribution is 2.39. The first-order chi connectivity index (χ1) is 22.2. The Hall–Kier alpha value is -2.37. The summed E-state index contributed by atoms with van der Waals surface area (Å²) in [5.41, 5.74) is -4.43. The van der Waals surface area contributed by atoms with E-state index < -0.39 is 56.7 Å². The van der Waals surface area contributed by atoms with Crippen molar-refractivity contribution in [3.05, 3.63) is 0 Å². The number of aliphatic carboxylic acids is 3. The van der Waals surface area contributed by atoms with Gasteiger partial charge < -0.3 is 20.1 Å². The molecule has 4 unspecified atom stereocenters. The highest BCUT2D eigenvalue weighted by atomic mass is 16.4. The van der Waals surface area contributed by atoms with Crippen LogP contribution in [0, 0.1) is 22.2 Å². The van der Waals surface area contributed by atoms with Crippen LogP contribution in [0.3, 0.4) is 0 Å². The van der Waals surface area contributed by atoms with E-state index >= 15 is 0 Å². The molecule has 0 aromatic carbocycles. The molecule has 0 aliphatic rings. The second-order valence-electron chi connectivity index (χ2n) is 19.1. The Bertz CT molecular complexity index is 1190. The van der Waals surface area contributed by atoms with E-state index in [4.69, 9.17) is 0 Å². The molecule has 4 atom stereocenters. The highest BCUT2D eigenvalue weighted by molar-refractivity contribution is 5.76. The Morgan fingerprint density at radius 3 is 1.52 bits per heavy atom. The van der Waals surface area contributed by atoms with Gasteiger partial charge in [-0.3, -0.25) is 33.9 Å². The summed E-state index contributed by atoms with van der Waals surface area (Å²) in [5, 5.41) is 29.8. The van der Waals surface area contributed by atoms with Crippen molar-refractivity contribution in [3.8, 4) is 0 Å². The lowest BCUT2D eigenvalue weighted by molar-refractivity contribution is -0.150. The number of carboxylic acid groups (broad SMARTS) is 3. The van der Waals surface area contributed by atoms with Gasteiger partial charge in [0.25, 0.3) is 0 Å². The lowest BCUT2D eigenvalue weighted by Crippen LogP contribution is -2.63. The van der Waals surface area contributed by atoms with Crippen LogP contribution in [-0.4, -0.2) is 114 Å². The fourth-order valence-electron chi connectivity index (χ4n) is 8.18. The molecule has 50 heavy (non-hydrogen) atoms. The topological polar surface area (TPSA) is 156 Å². The van der Waals surface area contributed by atoms with E-state index in [9.17, 15) is 39.3 Å². The molecule has 0 saturated heterocycles.